The molecule has 314 valence electrons. The Labute approximate surface area is 323 Å². The van der Waals surface area contributed by atoms with Crippen molar-refractivity contribution >= 4 is 5.97 Å². The van der Waals surface area contributed by atoms with Gasteiger partial charge >= 0.3 is 5.97 Å². The molecule has 1 unspecified atom stereocenters. The van der Waals surface area contributed by atoms with Crippen LogP contribution in [0, 0.1) is 56.7 Å². The van der Waals surface area contributed by atoms with Gasteiger partial charge in [-0.05, 0) is 97.2 Å². The average Bonchev–Trinajstić information content (AvgIpc) is 3.14. The molecule has 4 saturated carbocycles. The summed E-state index contributed by atoms with van der Waals surface area (Å²) < 4.78 is 23.4. The van der Waals surface area contributed by atoms with Gasteiger partial charge in [0, 0.05) is 5.41 Å². The largest absolute Gasteiger partial charge is 0.432 e. The Morgan fingerprint density at radius 2 is 1.51 bits per heavy atom. The number of aliphatic hydroxyl groups is 9. The minimum atomic E-state index is -1.69. The Hall–Kier alpha value is -1.27. The van der Waals surface area contributed by atoms with Crippen molar-refractivity contribution in [2.45, 2.75) is 160 Å². The Bertz CT molecular complexity index is 1480. The predicted octanol–water partition coefficient (Wildman–Crippen LogP) is 0.755. The molecule has 5 aliphatic carbocycles. The highest BCUT2D eigenvalue weighted by molar-refractivity contribution is 5.79. The fourth-order valence-electron chi connectivity index (χ4n) is 13.6. The Kier molecular flexibility index (Phi) is 11.0. The summed E-state index contributed by atoms with van der Waals surface area (Å²) in [6.07, 6.45) is -7.46. The van der Waals surface area contributed by atoms with Crippen LogP contribution in [0.3, 0.4) is 0 Å². The second-order valence-electron chi connectivity index (χ2n) is 19.6. The van der Waals surface area contributed by atoms with E-state index in [1.54, 1.807) is 0 Å². The molecular weight excluding hydrogens is 716 g/mol. The summed E-state index contributed by atoms with van der Waals surface area (Å²) in [7, 11) is 0. The predicted molar refractivity (Wildman–Crippen MR) is 194 cm³/mol. The number of carbonyl (C=O) groups excluding carboxylic acids is 1. The van der Waals surface area contributed by atoms with Crippen molar-refractivity contribution < 1.29 is 69.7 Å². The lowest BCUT2D eigenvalue weighted by molar-refractivity contribution is -0.328. The molecule has 14 heteroatoms. The molecular formula is C41H66O14. The van der Waals surface area contributed by atoms with Crippen molar-refractivity contribution in [3.05, 3.63) is 11.6 Å². The van der Waals surface area contributed by atoms with Crippen LogP contribution in [0.4, 0.5) is 0 Å². The number of ether oxygens (including phenoxy) is 4. The van der Waals surface area contributed by atoms with Gasteiger partial charge in [-0.25, -0.2) is 0 Å². The molecule has 6 fully saturated rings. The molecule has 0 amide bonds. The van der Waals surface area contributed by atoms with Gasteiger partial charge in [0.05, 0.1) is 37.4 Å². The Morgan fingerprint density at radius 3 is 2.18 bits per heavy atom. The summed E-state index contributed by atoms with van der Waals surface area (Å²) in [5.41, 5.74) is -1.59. The molecule has 2 aliphatic heterocycles. The van der Waals surface area contributed by atoms with Crippen LogP contribution < -0.4 is 0 Å². The summed E-state index contributed by atoms with van der Waals surface area (Å²) in [5.74, 6) is -0.182. The molecule has 0 aromatic carbocycles. The van der Waals surface area contributed by atoms with Crippen molar-refractivity contribution in [1.82, 2.24) is 0 Å². The fraction of sp³-hybridized carbons (Fsp3) is 0.927. The molecule has 14 nitrogen and oxygen atoms in total. The Balaban J connectivity index is 1.20. The second-order valence-corrected chi connectivity index (χ2v) is 19.6. The van der Waals surface area contributed by atoms with Crippen molar-refractivity contribution in [2.75, 3.05) is 19.8 Å². The quantitative estimate of drug-likeness (QED) is 0.103. The maximum Gasteiger partial charge on any atom is 0.315 e. The average molecular weight is 783 g/mol. The first-order valence-electron chi connectivity index (χ1n) is 20.6. The minimum absolute atomic E-state index is 0.0731. The number of allylic oxidation sites excluding steroid dienone is 2. The van der Waals surface area contributed by atoms with Gasteiger partial charge in [0.1, 0.15) is 42.7 Å². The smallest absolute Gasteiger partial charge is 0.315 e. The summed E-state index contributed by atoms with van der Waals surface area (Å²) in [4.78, 5) is 14.6. The number of esters is 1. The lowest BCUT2D eigenvalue weighted by atomic mass is 9.33. The van der Waals surface area contributed by atoms with E-state index in [4.69, 9.17) is 18.9 Å². The highest BCUT2D eigenvalue weighted by Gasteiger charge is 2.71. The van der Waals surface area contributed by atoms with E-state index in [-0.39, 0.29) is 47.7 Å². The van der Waals surface area contributed by atoms with E-state index in [9.17, 15) is 50.8 Å². The number of carbonyl (C=O) groups is 1. The van der Waals surface area contributed by atoms with Gasteiger partial charge in [0.15, 0.2) is 6.29 Å². The van der Waals surface area contributed by atoms with Crippen LogP contribution in [0.1, 0.15) is 92.9 Å². The van der Waals surface area contributed by atoms with Crippen LogP contribution in [0.5, 0.6) is 0 Å². The molecule has 0 aromatic rings. The maximum absolute atomic E-state index is 14.6. The molecule has 0 radical (unpaired) electrons. The molecule has 2 heterocycles. The van der Waals surface area contributed by atoms with Crippen LogP contribution in [0.2, 0.25) is 0 Å². The van der Waals surface area contributed by atoms with Crippen LogP contribution >= 0.6 is 0 Å². The first-order chi connectivity index (χ1) is 25.8. The van der Waals surface area contributed by atoms with E-state index in [1.807, 2.05) is 6.92 Å². The van der Waals surface area contributed by atoms with Gasteiger partial charge in [0.2, 0.25) is 6.29 Å². The van der Waals surface area contributed by atoms with Crippen molar-refractivity contribution in [3.8, 4) is 0 Å². The zero-order chi connectivity index (χ0) is 40.2. The molecule has 0 bridgehead atoms. The number of fused-ring (bicyclic) bond motifs is 7. The maximum atomic E-state index is 14.6. The number of hydrogen-bond donors (Lipinski definition) is 9. The Morgan fingerprint density at radius 1 is 0.818 bits per heavy atom. The summed E-state index contributed by atoms with van der Waals surface area (Å²) in [5, 5.41) is 95.4. The molecule has 0 spiro atoms. The van der Waals surface area contributed by atoms with Crippen LogP contribution in [-0.4, -0.2) is 139 Å². The van der Waals surface area contributed by atoms with Crippen LogP contribution in [0.25, 0.3) is 0 Å². The normalized spacial score (nSPS) is 56.6. The monoisotopic (exact) mass is 782 g/mol. The van der Waals surface area contributed by atoms with Crippen molar-refractivity contribution in [2.24, 2.45) is 56.7 Å². The first kappa shape index (κ1) is 41.9. The van der Waals surface area contributed by atoms with Crippen LogP contribution in [-0.2, 0) is 23.7 Å². The molecule has 55 heavy (non-hydrogen) atoms. The molecule has 21 atom stereocenters. The topological polar surface area (TPSA) is 236 Å². The lowest BCUT2D eigenvalue weighted by Gasteiger charge is -2.72. The summed E-state index contributed by atoms with van der Waals surface area (Å²) in [6, 6.07) is 0. The fourth-order valence-corrected chi connectivity index (χ4v) is 13.6. The number of hydrogen-bond acceptors (Lipinski definition) is 14. The summed E-state index contributed by atoms with van der Waals surface area (Å²) >= 11 is 0. The van der Waals surface area contributed by atoms with E-state index in [2.05, 4.69) is 40.7 Å². The second kappa shape index (κ2) is 14.5. The van der Waals surface area contributed by atoms with E-state index in [0.717, 1.165) is 19.3 Å². The molecule has 0 aromatic heterocycles. The number of aliphatic hydroxyl groups excluding tert-OH is 9. The molecule has 9 N–H and O–H groups in total. The van der Waals surface area contributed by atoms with Crippen LogP contribution in [0.15, 0.2) is 11.6 Å². The minimum Gasteiger partial charge on any atom is -0.432 e. The highest BCUT2D eigenvalue weighted by Crippen LogP contribution is 2.76. The first-order valence-corrected chi connectivity index (χ1v) is 20.6. The van der Waals surface area contributed by atoms with Gasteiger partial charge in [-0.1, -0.05) is 53.2 Å². The third-order valence-corrected chi connectivity index (χ3v) is 17.3. The molecule has 7 aliphatic rings. The van der Waals surface area contributed by atoms with E-state index < -0.39 is 96.3 Å². The van der Waals surface area contributed by atoms with Gasteiger partial charge < -0.3 is 64.9 Å². The van der Waals surface area contributed by atoms with Gasteiger partial charge in [-0.3, -0.25) is 4.79 Å². The zero-order valence-electron chi connectivity index (χ0n) is 33.2. The third-order valence-electron chi connectivity index (χ3n) is 17.3. The lowest BCUT2D eigenvalue weighted by Crippen LogP contribution is -2.69. The van der Waals surface area contributed by atoms with E-state index in [0.29, 0.717) is 38.0 Å². The zero-order valence-corrected chi connectivity index (χ0v) is 33.2. The highest BCUT2D eigenvalue weighted by atomic mass is 16.7. The van der Waals surface area contributed by atoms with Gasteiger partial charge in [0.25, 0.3) is 0 Å². The van der Waals surface area contributed by atoms with E-state index >= 15 is 0 Å². The van der Waals surface area contributed by atoms with E-state index in [1.165, 1.54) is 5.57 Å². The third kappa shape index (κ3) is 5.97. The van der Waals surface area contributed by atoms with Gasteiger partial charge in [-0.2, -0.15) is 0 Å². The summed E-state index contributed by atoms with van der Waals surface area (Å²) in [6.45, 7) is 12.2. The molecule has 2 saturated heterocycles. The SMILES string of the molecule is C[C@H]1[C@H](C)CC[C@]2(C(=O)O[C@@H]3O[C@H](CO)[C@@H](O)[C@H](O)[C@H]3O)CC[C@]3(C)C(=CC[C@@H]4[C@@]5(C)C[C@@H](O)[C@H](O[C@@H]6OC[C@H](O)[C@H](O)[C@H]6O)[C@@](C)(CO)C5CC[C@]43C)[C@H]12. The van der Waals surface area contributed by atoms with Crippen molar-refractivity contribution in [1.29, 1.82) is 0 Å². The molecule has 7 rings (SSSR count). The van der Waals surface area contributed by atoms with Crippen molar-refractivity contribution in [3.63, 3.8) is 0 Å². The standard InChI is InChI=1S/C41H66O14/c1-19-9-12-41(36(51)55-35-32(50)30(48)29(47)24(16-42)53-35)14-13-39(5)21(27(41)20(19)2)7-8-26-37(3)15-22(44)33(54-34-31(49)28(46)23(45)17-52-34)38(4,18-43)25(37)10-11-40(26,39)6/h7,19-20,22-35,42-50H,8-18H2,1-6H3/t19-,20+,22-,23+,24-,25?,26-,27+,28+,29-,30+,31-,32-,33+,34+,35+,37+,38+,39-,40-,41+/m1/s1. The number of rotatable bonds is 6. The van der Waals surface area contributed by atoms with Gasteiger partial charge in [-0.15, -0.1) is 0 Å².